The molecule has 2 aliphatic rings. The van der Waals surface area contributed by atoms with Crippen molar-refractivity contribution in [1.29, 1.82) is 0 Å². The van der Waals surface area contributed by atoms with Crippen LogP contribution in [0.2, 0.25) is 0 Å². The van der Waals surface area contributed by atoms with Crippen molar-refractivity contribution in [2.24, 2.45) is 0 Å². The molecule has 24 heavy (non-hydrogen) atoms. The van der Waals surface area contributed by atoms with E-state index in [0.29, 0.717) is 5.56 Å². The van der Waals surface area contributed by atoms with Crippen LogP contribution < -0.4 is 0 Å². The molecule has 1 aromatic carbocycles. The van der Waals surface area contributed by atoms with Gasteiger partial charge in [-0.15, -0.1) is 0 Å². The molecule has 4 nitrogen and oxygen atoms in total. The van der Waals surface area contributed by atoms with Crippen molar-refractivity contribution in [2.45, 2.75) is 50.2 Å². The Bertz CT molecular complexity index is 652. The Morgan fingerprint density at radius 1 is 1.25 bits per heavy atom. The van der Waals surface area contributed by atoms with Crippen molar-refractivity contribution in [2.75, 3.05) is 6.54 Å². The zero-order chi connectivity index (χ0) is 17.5. The van der Waals surface area contributed by atoms with Crippen molar-refractivity contribution in [3.63, 3.8) is 0 Å². The highest BCUT2D eigenvalue weighted by Gasteiger charge is 2.56. The maximum absolute atomic E-state index is 13.4. The second kappa shape index (κ2) is 6.10. The molecule has 1 heterocycles. The average molecular weight is 402 g/mol. The summed E-state index contributed by atoms with van der Waals surface area (Å²) in [4.78, 5) is 25.9. The molecular formula is C17H18BrF2NO3. The average Bonchev–Trinajstić information content (AvgIpc) is 2.76. The molecular weight excluding hydrogens is 384 g/mol. The maximum Gasteiger partial charge on any atom is 0.411 e. The summed E-state index contributed by atoms with van der Waals surface area (Å²) >= 11 is 3.30. The number of hydrogen-bond donors (Lipinski definition) is 0. The third-order valence-electron chi connectivity index (χ3n) is 5.06. The zero-order valence-corrected chi connectivity index (χ0v) is 14.8. The van der Waals surface area contributed by atoms with Crippen LogP contribution in [0.25, 0.3) is 0 Å². The van der Waals surface area contributed by atoms with Crippen molar-refractivity contribution in [3.05, 3.63) is 34.3 Å². The number of carbonyl (C=O) groups excluding carboxylic acids is 2. The van der Waals surface area contributed by atoms with E-state index in [1.165, 1.54) is 4.90 Å². The fraction of sp³-hybridized carbons (Fsp3) is 0.529. The van der Waals surface area contributed by atoms with Gasteiger partial charge in [-0.05, 0) is 31.9 Å². The predicted molar refractivity (Wildman–Crippen MR) is 87.3 cm³/mol. The van der Waals surface area contributed by atoms with E-state index in [4.69, 9.17) is 4.74 Å². The number of amides is 1. The van der Waals surface area contributed by atoms with Crippen molar-refractivity contribution >= 4 is 27.8 Å². The second-order valence-electron chi connectivity index (χ2n) is 6.52. The lowest BCUT2D eigenvalue weighted by atomic mass is 9.78. The summed E-state index contributed by atoms with van der Waals surface area (Å²) in [5.41, 5.74) is -0.409. The molecule has 0 aromatic heterocycles. The minimum absolute atomic E-state index is 0.111. The van der Waals surface area contributed by atoms with Gasteiger partial charge in [-0.2, -0.15) is 0 Å². The molecule has 0 N–H and O–H groups in total. The largest absolute Gasteiger partial charge is 0.441 e. The summed E-state index contributed by atoms with van der Waals surface area (Å²) < 4.78 is 33.1. The number of alkyl halides is 2. The molecule has 1 spiro atoms. The first-order valence-electron chi connectivity index (χ1n) is 7.89. The summed E-state index contributed by atoms with van der Waals surface area (Å²) in [5.74, 6) is -2.90. The van der Waals surface area contributed by atoms with Crippen LogP contribution in [0.5, 0.6) is 0 Å². The van der Waals surface area contributed by atoms with E-state index < -0.39 is 23.7 Å². The van der Waals surface area contributed by atoms with Gasteiger partial charge in [0.05, 0.1) is 12.6 Å². The number of ketones is 1. The molecule has 0 bridgehead atoms. The van der Waals surface area contributed by atoms with Crippen molar-refractivity contribution in [1.82, 2.24) is 4.90 Å². The lowest BCUT2D eigenvalue weighted by molar-refractivity contribution is -0.0997. The molecule has 1 aliphatic carbocycles. The smallest absolute Gasteiger partial charge is 0.411 e. The number of hydrogen-bond acceptors (Lipinski definition) is 3. The molecule has 1 saturated heterocycles. The molecule has 0 radical (unpaired) electrons. The van der Waals surface area contributed by atoms with Gasteiger partial charge in [0.1, 0.15) is 5.60 Å². The van der Waals surface area contributed by atoms with Gasteiger partial charge in [-0.25, -0.2) is 13.6 Å². The summed E-state index contributed by atoms with van der Waals surface area (Å²) in [6.45, 7) is 1.66. The van der Waals surface area contributed by atoms with E-state index in [1.54, 1.807) is 31.2 Å². The van der Waals surface area contributed by atoms with Gasteiger partial charge in [-0.3, -0.25) is 9.69 Å². The Kier molecular flexibility index (Phi) is 4.40. The number of nitrogens with zero attached hydrogens (tertiary/aromatic N) is 1. The van der Waals surface area contributed by atoms with Crippen molar-refractivity contribution in [3.8, 4) is 0 Å². The molecule has 1 unspecified atom stereocenters. The lowest BCUT2D eigenvalue weighted by Gasteiger charge is -2.38. The number of rotatable bonds is 3. The van der Waals surface area contributed by atoms with E-state index in [2.05, 4.69) is 15.9 Å². The molecule has 130 valence electrons. The first-order valence-corrected chi connectivity index (χ1v) is 8.68. The molecule has 1 saturated carbocycles. The fourth-order valence-corrected chi connectivity index (χ4v) is 3.67. The lowest BCUT2D eigenvalue weighted by Crippen LogP contribution is -2.48. The van der Waals surface area contributed by atoms with Crippen LogP contribution in [-0.4, -0.2) is 40.9 Å². The van der Waals surface area contributed by atoms with Gasteiger partial charge in [0, 0.05) is 22.9 Å². The predicted octanol–water partition coefficient (Wildman–Crippen LogP) is 4.42. The molecule has 1 amide bonds. The summed E-state index contributed by atoms with van der Waals surface area (Å²) in [6, 6.07) is 6.46. The van der Waals surface area contributed by atoms with Gasteiger partial charge in [0.2, 0.25) is 5.92 Å². The van der Waals surface area contributed by atoms with Gasteiger partial charge < -0.3 is 4.74 Å². The first kappa shape index (κ1) is 17.3. The number of Topliss-reactive ketones (excluding diaryl/α,β-unsaturated/α-hetero) is 1. The molecule has 7 heteroatoms. The molecule has 1 aromatic rings. The van der Waals surface area contributed by atoms with E-state index in [1.807, 2.05) is 0 Å². The van der Waals surface area contributed by atoms with Crippen LogP contribution in [0.3, 0.4) is 0 Å². The number of benzene rings is 1. The van der Waals surface area contributed by atoms with E-state index in [0.717, 1.165) is 4.47 Å². The van der Waals surface area contributed by atoms with Gasteiger partial charge >= 0.3 is 6.09 Å². The van der Waals surface area contributed by atoms with Crippen LogP contribution in [0.1, 0.15) is 43.0 Å². The highest BCUT2D eigenvalue weighted by molar-refractivity contribution is 9.10. The normalized spacial score (nSPS) is 24.9. The Morgan fingerprint density at radius 3 is 2.42 bits per heavy atom. The third-order valence-corrected chi connectivity index (χ3v) is 5.59. The SMILES string of the molecule is CC1N(CC(=O)c2ccc(Br)cc2)C(=O)OC12CCC(F)(F)CC2. The van der Waals surface area contributed by atoms with Crippen LogP contribution in [0.4, 0.5) is 13.6 Å². The minimum atomic E-state index is -2.70. The minimum Gasteiger partial charge on any atom is -0.441 e. The topological polar surface area (TPSA) is 46.6 Å². The van der Waals surface area contributed by atoms with Gasteiger partial charge in [0.25, 0.3) is 0 Å². The molecule has 1 atom stereocenters. The summed E-state index contributed by atoms with van der Waals surface area (Å²) in [6.07, 6.45) is -0.942. The van der Waals surface area contributed by atoms with Crippen LogP contribution in [0, 0.1) is 0 Å². The van der Waals surface area contributed by atoms with E-state index in [-0.39, 0.29) is 38.0 Å². The second-order valence-corrected chi connectivity index (χ2v) is 7.44. The van der Waals surface area contributed by atoms with E-state index in [9.17, 15) is 18.4 Å². The first-order chi connectivity index (χ1) is 11.2. The van der Waals surface area contributed by atoms with Crippen LogP contribution in [-0.2, 0) is 4.74 Å². The number of halogens is 3. The zero-order valence-electron chi connectivity index (χ0n) is 13.2. The Labute approximate surface area is 147 Å². The monoisotopic (exact) mass is 401 g/mol. The fourth-order valence-electron chi connectivity index (χ4n) is 3.40. The Morgan fingerprint density at radius 2 is 1.83 bits per heavy atom. The standard InChI is InChI=1S/C17H18BrF2NO3/c1-11-16(6-8-17(19,20)9-7-16)24-15(23)21(11)10-14(22)12-2-4-13(18)5-3-12/h2-5,11H,6-10H2,1H3. The number of carbonyl (C=O) groups is 2. The molecule has 3 rings (SSSR count). The third kappa shape index (κ3) is 3.18. The van der Waals surface area contributed by atoms with Gasteiger partial charge in [0.15, 0.2) is 5.78 Å². The maximum atomic E-state index is 13.4. The quantitative estimate of drug-likeness (QED) is 0.704. The van der Waals surface area contributed by atoms with Crippen LogP contribution in [0.15, 0.2) is 28.7 Å². The highest BCUT2D eigenvalue weighted by atomic mass is 79.9. The summed E-state index contributed by atoms with van der Waals surface area (Å²) in [7, 11) is 0. The van der Waals surface area contributed by atoms with Gasteiger partial charge in [-0.1, -0.05) is 28.1 Å². The van der Waals surface area contributed by atoms with E-state index >= 15 is 0 Å². The van der Waals surface area contributed by atoms with Crippen LogP contribution >= 0.6 is 15.9 Å². The number of ether oxygens (including phenoxy) is 1. The summed E-state index contributed by atoms with van der Waals surface area (Å²) in [5, 5.41) is 0. The Balaban J connectivity index is 1.72. The Hall–Kier alpha value is -1.50. The molecule has 1 aliphatic heterocycles. The highest BCUT2D eigenvalue weighted by Crippen LogP contribution is 2.46. The molecule has 2 fully saturated rings. The van der Waals surface area contributed by atoms with Crippen molar-refractivity contribution < 1.29 is 23.1 Å².